The first-order chi connectivity index (χ1) is 12.1. The number of fused-ring (bicyclic) bond motifs is 1. The second-order valence-corrected chi connectivity index (χ2v) is 6.85. The van der Waals surface area contributed by atoms with Crippen molar-refractivity contribution in [2.24, 2.45) is 0 Å². The Kier molecular flexibility index (Phi) is 4.24. The zero-order chi connectivity index (χ0) is 17.4. The molecule has 0 N–H and O–H groups in total. The molecule has 0 spiro atoms. The Hall–Kier alpha value is -2.29. The zero-order valence-electron chi connectivity index (χ0n) is 13.8. The van der Waals surface area contributed by atoms with Crippen molar-refractivity contribution in [3.63, 3.8) is 0 Å². The van der Waals surface area contributed by atoms with Crippen LogP contribution < -0.4 is 4.57 Å². The highest BCUT2D eigenvalue weighted by Gasteiger charge is 2.24. The van der Waals surface area contributed by atoms with Crippen molar-refractivity contribution < 1.29 is 4.57 Å². The first-order valence-electron chi connectivity index (χ1n) is 8.13. The topological polar surface area (TPSA) is 8.81 Å². The Labute approximate surface area is 156 Å². The van der Waals surface area contributed by atoms with Gasteiger partial charge in [0.25, 0.3) is 16.6 Å². The summed E-state index contributed by atoms with van der Waals surface area (Å²) >= 11 is 13.1. The minimum Gasteiger partial charge on any atom is -0.215 e. The molecule has 0 fully saturated rings. The van der Waals surface area contributed by atoms with E-state index in [2.05, 4.69) is 43.3 Å². The summed E-state index contributed by atoms with van der Waals surface area (Å²) in [4.78, 5) is 0. The second-order valence-electron chi connectivity index (χ2n) is 6.13. The van der Waals surface area contributed by atoms with Crippen LogP contribution in [0.15, 0.2) is 73.1 Å². The summed E-state index contributed by atoms with van der Waals surface area (Å²) in [6.45, 7) is 2.77. The molecule has 0 saturated heterocycles. The molecule has 1 heterocycles. The lowest BCUT2D eigenvalue weighted by Crippen LogP contribution is -2.33. The third-order valence-electron chi connectivity index (χ3n) is 4.43. The van der Waals surface area contributed by atoms with E-state index in [1.807, 2.05) is 45.8 Å². The molecular formula is C21H17Cl2N2+. The molecule has 0 amide bonds. The highest BCUT2D eigenvalue weighted by atomic mass is 35.5. The van der Waals surface area contributed by atoms with Crippen LogP contribution in [0.5, 0.6) is 0 Å². The maximum Gasteiger partial charge on any atom is 0.260 e. The van der Waals surface area contributed by atoms with Gasteiger partial charge in [0.1, 0.15) is 12.2 Å². The summed E-state index contributed by atoms with van der Waals surface area (Å²) in [6, 6.07) is 22.8. The molecule has 0 bridgehead atoms. The number of hydrogen-bond acceptors (Lipinski definition) is 0. The highest BCUT2D eigenvalue weighted by molar-refractivity contribution is 6.40. The van der Waals surface area contributed by atoms with Crippen molar-refractivity contribution in [1.29, 1.82) is 0 Å². The van der Waals surface area contributed by atoms with E-state index in [0.29, 0.717) is 16.9 Å². The van der Waals surface area contributed by atoms with E-state index in [0.717, 1.165) is 16.6 Å². The minimum atomic E-state index is 0.525. The Morgan fingerprint density at radius 2 is 1.60 bits per heavy atom. The van der Waals surface area contributed by atoms with Gasteiger partial charge in [0, 0.05) is 5.39 Å². The van der Waals surface area contributed by atoms with Crippen LogP contribution >= 0.6 is 23.2 Å². The van der Waals surface area contributed by atoms with Gasteiger partial charge in [-0.1, -0.05) is 66.7 Å². The van der Waals surface area contributed by atoms with Gasteiger partial charge in [0.2, 0.25) is 0 Å². The summed E-state index contributed by atoms with van der Waals surface area (Å²) in [5.41, 5.74) is 3.40. The number of imidazole rings is 1. The van der Waals surface area contributed by atoms with Crippen LogP contribution in [-0.2, 0) is 6.54 Å². The molecule has 0 unspecified atom stereocenters. The summed E-state index contributed by atoms with van der Waals surface area (Å²) in [5.74, 6) is 0. The Morgan fingerprint density at radius 1 is 0.880 bits per heavy atom. The Bertz CT molecular complexity index is 1050. The van der Waals surface area contributed by atoms with Crippen LogP contribution in [0.1, 0.15) is 11.1 Å². The van der Waals surface area contributed by atoms with Gasteiger partial charge in [-0.2, -0.15) is 4.57 Å². The predicted octanol–water partition coefficient (Wildman–Crippen LogP) is 5.58. The maximum atomic E-state index is 6.60. The zero-order valence-corrected chi connectivity index (χ0v) is 15.3. The van der Waals surface area contributed by atoms with Gasteiger partial charge in [-0.3, -0.25) is 0 Å². The van der Waals surface area contributed by atoms with E-state index >= 15 is 0 Å². The number of nitrogens with zero attached hydrogens (tertiary/aromatic N) is 2. The van der Waals surface area contributed by atoms with Crippen LogP contribution in [0, 0.1) is 6.92 Å². The summed E-state index contributed by atoms with van der Waals surface area (Å²) in [7, 11) is 0. The molecule has 3 aromatic carbocycles. The average molecular weight is 368 g/mol. The van der Waals surface area contributed by atoms with Crippen LogP contribution in [-0.4, -0.2) is 4.57 Å². The molecule has 25 heavy (non-hydrogen) atoms. The molecule has 0 aliphatic rings. The molecule has 0 radical (unpaired) electrons. The first-order valence-corrected chi connectivity index (χ1v) is 8.89. The number of aromatic nitrogens is 2. The van der Waals surface area contributed by atoms with Crippen LogP contribution in [0.4, 0.5) is 0 Å². The van der Waals surface area contributed by atoms with Crippen LogP contribution in [0.3, 0.4) is 0 Å². The van der Waals surface area contributed by atoms with Crippen molar-refractivity contribution in [3.05, 3.63) is 94.5 Å². The predicted molar refractivity (Wildman–Crippen MR) is 104 cm³/mol. The van der Waals surface area contributed by atoms with E-state index in [4.69, 9.17) is 23.2 Å². The molecular weight excluding hydrogens is 351 g/mol. The number of aryl methyl sites for hydroxylation is 1. The quantitative estimate of drug-likeness (QED) is 0.418. The monoisotopic (exact) mass is 367 g/mol. The third-order valence-corrected chi connectivity index (χ3v) is 5.28. The number of halogens is 2. The number of rotatable bonds is 3. The summed E-state index contributed by atoms with van der Waals surface area (Å²) in [5, 5.41) is 3.40. The van der Waals surface area contributed by atoms with Crippen molar-refractivity contribution in [3.8, 4) is 5.69 Å². The smallest absolute Gasteiger partial charge is 0.215 e. The summed E-state index contributed by atoms with van der Waals surface area (Å²) in [6.07, 6.45) is 1.98. The lowest BCUT2D eigenvalue weighted by Gasteiger charge is -2.07. The fourth-order valence-corrected chi connectivity index (χ4v) is 3.62. The second kappa shape index (κ2) is 6.55. The Morgan fingerprint density at radius 3 is 2.40 bits per heavy atom. The third kappa shape index (κ3) is 2.92. The maximum absolute atomic E-state index is 6.60. The number of benzene rings is 3. The molecule has 1 aromatic heterocycles. The van der Waals surface area contributed by atoms with Crippen molar-refractivity contribution in [2.75, 3.05) is 0 Å². The highest BCUT2D eigenvalue weighted by Crippen LogP contribution is 2.30. The van der Waals surface area contributed by atoms with Gasteiger partial charge in [-0.15, -0.1) is 0 Å². The van der Waals surface area contributed by atoms with E-state index in [-0.39, 0.29) is 0 Å². The molecule has 0 aliphatic carbocycles. The molecule has 2 nitrogen and oxygen atoms in total. The molecule has 0 atom stereocenters. The number of hydrogen-bond donors (Lipinski definition) is 0. The molecule has 0 saturated carbocycles. The fourth-order valence-electron chi connectivity index (χ4n) is 3.19. The van der Waals surface area contributed by atoms with Gasteiger partial charge < -0.3 is 0 Å². The minimum absolute atomic E-state index is 0.525. The molecule has 4 heteroatoms. The fraction of sp³-hybridized carbons (Fsp3) is 0.0952. The normalized spacial score (nSPS) is 11.2. The standard InChI is InChI=1S/C21H17Cl2N2/c1-15-11-12-17-9-5-6-10-18(17)19(15)25-14-24(20(22)21(25)23)13-16-7-3-2-4-8-16/h2-12,14H,13H2,1H3/q+1. The lowest BCUT2D eigenvalue weighted by atomic mass is 10.0. The van der Waals surface area contributed by atoms with Gasteiger partial charge in [-0.05, 0) is 46.6 Å². The summed E-state index contributed by atoms with van der Waals surface area (Å²) < 4.78 is 3.95. The SMILES string of the molecule is Cc1ccc2ccccc2c1-n1c[n+](Cc2ccccc2)c(Cl)c1Cl. The molecule has 124 valence electrons. The van der Waals surface area contributed by atoms with Crippen molar-refractivity contribution in [1.82, 2.24) is 4.57 Å². The molecule has 0 aliphatic heterocycles. The van der Waals surface area contributed by atoms with Crippen LogP contribution in [0.25, 0.3) is 16.5 Å². The van der Waals surface area contributed by atoms with Gasteiger partial charge in [0.05, 0.1) is 0 Å². The Balaban J connectivity index is 1.88. The molecule has 4 rings (SSSR count). The van der Waals surface area contributed by atoms with Crippen molar-refractivity contribution >= 4 is 34.0 Å². The first kappa shape index (κ1) is 16.2. The average Bonchev–Trinajstić information content (AvgIpc) is 2.91. The van der Waals surface area contributed by atoms with Gasteiger partial charge in [-0.25, -0.2) is 4.57 Å². The van der Waals surface area contributed by atoms with E-state index in [9.17, 15) is 0 Å². The van der Waals surface area contributed by atoms with Gasteiger partial charge >= 0.3 is 0 Å². The largest absolute Gasteiger partial charge is 0.260 e. The van der Waals surface area contributed by atoms with E-state index in [1.54, 1.807) is 0 Å². The van der Waals surface area contributed by atoms with Crippen LogP contribution in [0.2, 0.25) is 10.3 Å². The van der Waals surface area contributed by atoms with Crippen molar-refractivity contribution in [2.45, 2.75) is 13.5 Å². The van der Waals surface area contributed by atoms with E-state index in [1.165, 1.54) is 10.9 Å². The molecule has 4 aromatic rings. The van der Waals surface area contributed by atoms with Gasteiger partial charge in [0.15, 0.2) is 0 Å². The van der Waals surface area contributed by atoms with E-state index < -0.39 is 0 Å². The lowest BCUT2D eigenvalue weighted by molar-refractivity contribution is -0.685.